The monoisotopic (exact) mass is 288 g/mol. The third kappa shape index (κ3) is 1.93. The van der Waals surface area contributed by atoms with E-state index in [9.17, 15) is 4.79 Å². The Labute approximate surface area is 90.0 Å². The lowest BCUT2D eigenvalue weighted by Crippen LogP contribution is -2.21. The van der Waals surface area contributed by atoms with Crippen LogP contribution < -0.4 is 10.6 Å². The summed E-state index contributed by atoms with van der Waals surface area (Å²) in [6.45, 7) is 0.679. The molecule has 4 heteroatoms. The summed E-state index contributed by atoms with van der Waals surface area (Å²) in [6, 6.07) is 8.19. The summed E-state index contributed by atoms with van der Waals surface area (Å²) in [4.78, 5) is 10.9. The van der Waals surface area contributed by atoms with Crippen molar-refractivity contribution in [1.29, 1.82) is 0 Å². The lowest BCUT2D eigenvalue weighted by Gasteiger charge is -2.08. The third-order valence-electron chi connectivity index (χ3n) is 2.02. The van der Waals surface area contributed by atoms with Gasteiger partial charge in [-0.2, -0.15) is 0 Å². The van der Waals surface area contributed by atoms with Crippen molar-refractivity contribution in [2.45, 2.75) is 6.04 Å². The Kier molecular flexibility index (Phi) is 2.39. The van der Waals surface area contributed by atoms with Crippen molar-refractivity contribution < 1.29 is 4.79 Å². The van der Waals surface area contributed by atoms with Gasteiger partial charge >= 0.3 is 6.03 Å². The van der Waals surface area contributed by atoms with Crippen LogP contribution in [0.2, 0.25) is 0 Å². The van der Waals surface area contributed by atoms with Gasteiger partial charge in [-0.15, -0.1) is 0 Å². The highest BCUT2D eigenvalue weighted by Crippen LogP contribution is 2.17. The molecule has 1 atom stereocenters. The van der Waals surface area contributed by atoms with Gasteiger partial charge in [-0.1, -0.05) is 12.1 Å². The maximum absolute atomic E-state index is 10.9. The van der Waals surface area contributed by atoms with E-state index in [1.807, 2.05) is 18.2 Å². The Morgan fingerprint density at radius 3 is 2.92 bits per heavy atom. The van der Waals surface area contributed by atoms with Gasteiger partial charge in [0, 0.05) is 10.1 Å². The van der Waals surface area contributed by atoms with Gasteiger partial charge in [0.2, 0.25) is 0 Å². The van der Waals surface area contributed by atoms with Gasteiger partial charge < -0.3 is 10.6 Å². The predicted octanol–water partition coefficient (Wildman–Crippen LogP) is 1.65. The number of hydrogen-bond donors (Lipinski definition) is 2. The maximum atomic E-state index is 10.9. The highest BCUT2D eigenvalue weighted by Gasteiger charge is 2.20. The van der Waals surface area contributed by atoms with E-state index < -0.39 is 0 Å². The van der Waals surface area contributed by atoms with Gasteiger partial charge in [0.15, 0.2) is 0 Å². The lowest BCUT2D eigenvalue weighted by molar-refractivity contribution is 0.247. The van der Waals surface area contributed by atoms with E-state index in [4.69, 9.17) is 0 Å². The molecule has 0 spiro atoms. The predicted molar refractivity (Wildman–Crippen MR) is 58.4 cm³/mol. The molecule has 0 unspecified atom stereocenters. The van der Waals surface area contributed by atoms with E-state index in [0.29, 0.717) is 6.54 Å². The first-order valence-electron chi connectivity index (χ1n) is 4.05. The Hall–Kier alpha value is -0.780. The topological polar surface area (TPSA) is 41.1 Å². The second-order valence-corrected chi connectivity index (χ2v) is 4.21. The van der Waals surface area contributed by atoms with Crippen LogP contribution in [0.5, 0.6) is 0 Å². The molecule has 13 heavy (non-hydrogen) atoms. The van der Waals surface area contributed by atoms with E-state index in [1.165, 1.54) is 3.57 Å². The number of carbonyl (C=O) groups excluding carboxylic acids is 1. The van der Waals surface area contributed by atoms with E-state index >= 15 is 0 Å². The van der Waals surface area contributed by atoms with Crippen molar-refractivity contribution in [2.75, 3.05) is 6.54 Å². The molecule has 0 aliphatic carbocycles. The van der Waals surface area contributed by atoms with E-state index in [-0.39, 0.29) is 12.1 Å². The largest absolute Gasteiger partial charge is 0.336 e. The zero-order valence-corrected chi connectivity index (χ0v) is 9.04. The maximum Gasteiger partial charge on any atom is 0.315 e. The molecule has 1 aliphatic rings. The van der Waals surface area contributed by atoms with Crippen LogP contribution in [-0.2, 0) is 0 Å². The van der Waals surface area contributed by atoms with Crippen molar-refractivity contribution in [3.8, 4) is 0 Å². The number of halogens is 1. The first-order chi connectivity index (χ1) is 6.25. The van der Waals surface area contributed by atoms with Crippen LogP contribution in [0.25, 0.3) is 0 Å². The van der Waals surface area contributed by atoms with E-state index in [1.54, 1.807) is 0 Å². The first-order valence-corrected chi connectivity index (χ1v) is 5.13. The SMILES string of the molecule is O=C1NC[C@H](c2cccc(I)c2)N1. The van der Waals surface area contributed by atoms with Crippen LogP contribution in [-0.4, -0.2) is 12.6 Å². The van der Waals surface area contributed by atoms with Crippen LogP contribution in [0.15, 0.2) is 24.3 Å². The zero-order valence-electron chi connectivity index (χ0n) is 6.88. The Bertz CT molecular complexity index is 340. The van der Waals surface area contributed by atoms with Crippen molar-refractivity contribution in [1.82, 2.24) is 10.6 Å². The zero-order chi connectivity index (χ0) is 9.26. The number of benzene rings is 1. The van der Waals surface area contributed by atoms with Gasteiger partial charge in [-0.25, -0.2) is 4.79 Å². The number of hydrogen-bond acceptors (Lipinski definition) is 1. The quantitative estimate of drug-likeness (QED) is 0.758. The van der Waals surface area contributed by atoms with Crippen molar-refractivity contribution in [2.24, 2.45) is 0 Å². The van der Waals surface area contributed by atoms with Crippen LogP contribution in [0, 0.1) is 3.57 Å². The highest BCUT2D eigenvalue weighted by atomic mass is 127. The fourth-order valence-electron chi connectivity index (χ4n) is 1.38. The summed E-state index contributed by atoms with van der Waals surface area (Å²) < 4.78 is 1.19. The molecule has 2 N–H and O–H groups in total. The molecular formula is C9H9IN2O. The second-order valence-electron chi connectivity index (χ2n) is 2.96. The van der Waals surface area contributed by atoms with Gasteiger partial charge in [-0.05, 0) is 40.3 Å². The third-order valence-corrected chi connectivity index (χ3v) is 2.69. The number of urea groups is 1. The molecule has 1 aliphatic heterocycles. The average molecular weight is 288 g/mol. The molecule has 1 heterocycles. The fraction of sp³-hybridized carbons (Fsp3) is 0.222. The summed E-state index contributed by atoms with van der Waals surface area (Å²) in [7, 11) is 0. The molecule has 68 valence electrons. The molecule has 3 nitrogen and oxygen atoms in total. The molecule has 1 fully saturated rings. The normalized spacial score (nSPS) is 21.0. The van der Waals surface area contributed by atoms with Gasteiger partial charge in [0.05, 0.1) is 6.04 Å². The summed E-state index contributed by atoms with van der Waals surface area (Å²) in [5, 5.41) is 5.58. The Morgan fingerprint density at radius 2 is 2.31 bits per heavy atom. The summed E-state index contributed by atoms with van der Waals surface area (Å²) in [5.41, 5.74) is 1.16. The average Bonchev–Trinajstić information content (AvgIpc) is 2.52. The van der Waals surface area contributed by atoms with E-state index in [0.717, 1.165) is 5.56 Å². The molecule has 0 bridgehead atoms. The molecule has 0 radical (unpaired) electrons. The lowest BCUT2D eigenvalue weighted by atomic mass is 10.1. The smallest absolute Gasteiger partial charge is 0.315 e. The van der Waals surface area contributed by atoms with Gasteiger partial charge in [-0.3, -0.25) is 0 Å². The second kappa shape index (κ2) is 3.53. The van der Waals surface area contributed by atoms with Crippen molar-refractivity contribution in [3.05, 3.63) is 33.4 Å². The molecule has 1 saturated heterocycles. The molecule has 0 aromatic heterocycles. The minimum absolute atomic E-state index is 0.0798. The number of amides is 2. The summed E-state index contributed by atoms with van der Waals surface area (Å²) in [6.07, 6.45) is 0. The number of carbonyl (C=O) groups is 1. The van der Waals surface area contributed by atoms with Crippen molar-refractivity contribution in [3.63, 3.8) is 0 Å². The van der Waals surface area contributed by atoms with Crippen LogP contribution in [0.4, 0.5) is 4.79 Å². The molecule has 2 rings (SSSR count). The molecule has 0 saturated carbocycles. The molecular weight excluding hydrogens is 279 g/mol. The number of nitrogens with one attached hydrogen (secondary N) is 2. The van der Waals surface area contributed by atoms with Crippen LogP contribution in [0.3, 0.4) is 0 Å². The molecule has 1 aromatic carbocycles. The number of rotatable bonds is 1. The van der Waals surface area contributed by atoms with E-state index in [2.05, 4.69) is 39.3 Å². The fourth-order valence-corrected chi connectivity index (χ4v) is 1.95. The molecule has 1 aromatic rings. The minimum Gasteiger partial charge on any atom is -0.336 e. The van der Waals surface area contributed by atoms with Crippen molar-refractivity contribution >= 4 is 28.6 Å². The van der Waals surface area contributed by atoms with Crippen LogP contribution in [0.1, 0.15) is 11.6 Å². The Balaban J connectivity index is 2.21. The van der Waals surface area contributed by atoms with Crippen LogP contribution >= 0.6 is 22.6 Å². The first kappa shape index (κ1) is 8.80. The highest BCUT2D eigenvalue weighted by molar-refractivity contribution is 14.1. The summed E-state index contributed by atoms with van der Waals surface area (Å²) >= 11 is 2.26. The van der Waals surface area contributed by atoms with Gasteiger partial charge in [0.1, 0.15) is 0 Å². The minimum atomic E-state index is -0.0798. The summed E-state index contributed by atoms with van der Waals surface area (Å²) in [5.74, 6) is 0. The Morgan fingerprint density at radius 1 is 1.46 bits per heavy atom. The molecule has 2 amide bonds. The standard InChI is InChI=1S/C9H9IN2O/c10-7-3-1-2-6(4-7)8-5-11-9(13)12-8/h1-4,8H,5H2,(H2,11,12,13)/t8-/m1/s1. The van der Waals surface area contributed by atoms with Gasteiger partial charge in [0.25, 0.3) is 0 Å².